The highest BCUT2D eigenvalue weighted by Gasteiger charge is 2.52. The van der Waals surface area contributed by atoms with Gasteiger partial charge in [0, 0.05) is 55.1 Å². The number of halogens is 6. The lowest BCUT2D eigenvalue weighted by Gasteiger charge is -2.40. The number of furan rings is 2. The summed E-state index contributed by atoms with van der Waals surface area (Å²) >= 11 is 0. The minimum atomic E-state index is -4.69. The Morgan fingerprint density at radius 2 is 0.804 bits per heavy atom. The molecule has 5 nitrogen and oxygen atoms in total. The molecule has 3 aromatic heterocycles. The van der Waals surface area contributed by atoms with E-state index in [4.69, 9.17) is 8.83 Å². The SMILES string of the molecule is CCc1ccc(N(c2ccc3c(c2)c2cc(N(c4ccc(CC)cc4)c4cccc5c4oc4c(C(F)(F)F)cccc45)cc4c2n3-c2ccccc2C42c3ccc4ccccc4c3-c3c2ccc2ccccc32)c2cccc3c2oc2c(C(F)(F)F)cccc23)cc1. The predicted molar refractivity (Wildman–Crippen MR) is 359 cm³/mol. The van der Waals surface area contributed by atoms with E-state index in [9.17, 15) is 13.2 Å². The first-order valence-corrected chi connectivity index (χ1v) is 30.9. The molecule has 1 spiro atoms. The lowest BCUT2D eigenvalue weighted by molar-refractivity contribution is -0.137. The van der Waals surface area contributed by atoms with Crippen LogP contribution in [-0.2, 0) is 30.6 Å². The van der Waals surface area contributed by atoms with E-state index >= 15 is 13.2 Å². The normalized spacial score (nSPS) is 13.4. The largest absolute Gasteiger partial charge is 0.453 e. The minimum Gasteiger partial charge on any atom is -0.453 e. The molecule has 92 heavy (non-hydrogen) atoms. The summed E-state index contributed by atoms with van der Waals surface area (Å²) in [6, 6.07) is 81.9. The zero-order valence-corrected chi connectivity index (χ0v) is 49.5. The molecule has 0 atom stereocenters. The van der Waals surface area contributed by atoms with Crippen LogP contribution in [0, 0.1) is 0 Å². The monoisotopic (exact) mass is 1210 g/mol. The van der Waals surface area contributed by atoms with E-state index < -0.39 is 28.9 Å². The number of aromatic nitrogens is 1. The van der Waals surface area contributed by atoms with Crippen LogP contribution in [0.5, 0.6) is 0 Å². The molecule has 0 amide bonds. The highest BCUT2D eigenvalue weighted by molar-refractivity contribution is 6.20. The lowest BCUT2D eigenvalue weighted by Crippen LogP contribution is -2.33. The lowest BCUT2D eigenvalue weighted by atomic mass is 9.65. The van der Waals surface area contributed by atoms with Gasteiger partial charge in [-0.15, -0.1) is 0 Å². The fourth-order valence-corrected chi connectivity index (χ4v) is 15.5. The van der Waals surface area contributed by atoms with E-state index in [-0.39, 0.29) is 11.2 Å². The highest BCUT2D eigenvalue weighted by Crippen LogP contribution is 2.65. The first-order chi connectivity index (χ1) is 44.8. The number of para-hydroxylation sites is 5. The van der Waals surface area contributed by atoms with Gasteiger partial charge in [0.15, 0.2) is 11.2 Å². The van der Waals surface area contributed by atoms with Crippen molar-refractivity contribution >= 4 is 121 Å². The average molecular weight is 1210 g/mol. The first-order valence-electron chi connectivity index (χ1n) is 30.9. The van der Waals surface area contributed by atoms with Crippen molar-refractivity contribution in [2.75, 3.05) is 9.80 Å². The van der Waals surface area contributed by atoms with E-state index in [0.717, 1.165) is 136 Å². The van der Waals surface area contributed by atoms with Crippen molar-refractivity contribution in [2.45, 2.75) is 44.5 Å². The number of alkyl halides is 6. The van der Waals surface area contributed by atoms with Gasteiger partial charge in [-0.2, -0.15) is 26.3 Å². The molecule has 0 unspecified atom stereocenters. The van der Waals surface area contributed by atoms with Crippen molar-refractivity contribution in [2.24, 2.45) is 0 Å². The predicted octanol–water partition coefficient (Wildman–Crippen LogP) is 23.7. The van der Waals surface area contributed by atoms with Gasteiger partial charge in [0.05, 0.1) is 44.6 Å². The molecular weight excluding hydrogens is 1160 g/mol. The van der Waals surface area contributed by atoms with Crippen molar-refractivity contribution in [3.8, 4) is 16.8 Å². The zero-order chi connectivity index (χ0) is 62.1. The number of fused-ring (bicyclic) bond motifs is 22. The standard InChI is InChI=1S/C81H51F6N3O2/c1-3-46-29-35-50(36-30-46)88(70-27-13-21-58-56-19-11-24-65(80(82,83)84)75(56)91-77(58)70)52-39-42-68-60(43-52)61-44-53(89(51-37-31-47(4-2)32-38-51)71-28-14-22-59-57-20-12-25-66(81(85,86)87)76(57)92-78(59)71)45-67-74(61)90(68)69-26-10-9-23-62(69)79(67)63-40-33-48-15-5-7-17-54(48)72(63)73-55-18-8-6-16-49(55)34-41-64(73)79/h5-45H,3-4H2,1-2H3. The molecule has 0 fully saturated rings. The molecule has 13 aromatic carbocycles. The third-order valence-corrected chi connectivity index (χ3v) is 19.5. The second-order valence-corrected chi connectivity index (χ2v) is 24.2. The molecule has 2 aliphatic rings. The van der Waals surface area contributed by atoms with Crippen molar-refractivity contribution < 1.29 is 35.2 Å². The first kappa shape index (κ1) is 53.9. The minimum absolute atomic E-state index is 0.239. The summed E-state index contributed by atoms with van der Waals surface area (Å²) in [6.45, 7) is 4.20. The summed E-state index contributed by atoms with van der Waals surface area (Å²) in [4.78, 5) is 4.20. The van der Waals surface area contributed by atoms with Crippen LogP contribution in [0.15, 0.2) is 258 Å². The molecule has 0 N–H and O–H groups in total. The summed E-state index contributed by atoms with van der Waals surface area (Å²) in [5.41, 5.74) is 13.0. The quantitative estimate of drug-likeness (QED) is 0.142. The van der Waals surface area contributed by atoms with E-state index in [2.05, 4.69) is 192 Å². The Balaban J connectivity index is 0.997. The number of aryl methyl sites for hydroxylation is 2. The van der Waals surface area contributed by atoms with Crippen molar-refractivity contribution in [3.63, 3.8) is 0 Å². The van der Waals surface area contributed by atoms with Crippen LogP contribution < -0.4 is 9.80 Å². The van der Waals surface area contributed by atoms with Gasteiger partial charge in [-0.1, -0.05) is 178 Å². The fraction of sp³-hybridized carbons (Fsp3) is 0.0864. The third kappa shape index (κ3) is 7.50. The van der Waals surface area contributed by atoms with E-state index in [1.54, 1.807) is 18.2 Å². The molecular formula is C81H51F6N3O2. The Morgan fingerprint density at radius 3 is 1.33 bits per heavy atom. The molecule has 0 radical (unpaired) electrons. The van der Waals surface area contributed by atoms with Gasteiger partial charge in [0.25, 0.3) is 0 Å². The van der Waals surface area contributed by atoms with Crippen LogP contribution in [0.25, 0.3) is 104 Å². The molecule has 1 aliphatic carbocycles. The Bertz CT molecular complexity index is 5710. The van der Waals surface area contributed by atoms with Crippen LogP contribution in [0.1, 0.15) is 58.4 Å². The van der Waals surface area contributed by atoms with Gasteiger partial charge in [-0.05, 0) is 164 Å². The molecule has 18 rings (SSSR count). The maximum Gasteiger partial charge on any atom is 0.420 e. The van der Waals surface area contributed by atoms with Crippen LogP contribution in [0.4, 0.5) is 60.5 Å². The van der Waals surface area contributed by atoms with Gasteiger partial charge in [0.2, 0.25) is 0 Å². The van der Waals surface area contributed by atoms with E-state index in [1.807, 2.05) is 42.5 Å². The highest BCUT2D eigenvalue weighted by atomic mass is 19.4. The van der Waals surface area contributed by atoms with E-state index in [1.165, 1.54) is 12.1 Å². The average Bonchev–Trinajstić information content (AvgIpc) is 1.47. The third-order valence-electron chi connectivity index (χ3n) is 19.5. The number of hydrogen-bond acceptors (Lipinski definition) is 4. The Labute approximate surface area is 522 Å². The number of nitrogens with zero attached hydrogens (tertiary/aromatic N) is 3. The molecule has 1 aliphatic heterocycles. The van der Waals surface area contributed by atoms with Crippen LogP contribution in [0.3, 0.4) is 0 Å². The van der Waals surface area contributed by atoms with Gasteiger partial charge in [-0.3, -0.25) is 0 Å². The van der Waals surface area contributed by atoms with Crippen LogP contribution in [0.2, 0.25) is 0 Å². The number of rotatable bonds is 8. The van der Waals surface area contributed by atoms with Crippen molar-refractivity contribution in [1.29, 1.82) is 0 Å². The van der Waals surface area contributed by atoms with Gasteiger partial charge in [0.1, 0.15) is 11.2 Å². The number of benzene rings is 13. The Kier molecular flexibility index (Phi) is 11.4. The second kappa shape index (κ2) is 19.5. The van der Waals surface area contributed by atoms with Gasteiger partial charge in [-0.25, -0.2) is 0 Å². The zero-order valence-electron chi connectivity index (χ0n) is 49.5. The summed E-state index contributed by atoms with van der Waals surface area (Å²) < 4.78 is 105. The molecule has 444 valence electrons. The van der Waals surface area contributed by atoms with Crippen LogP contribution in [-0.4, -0.2) is 4.57 Å². The summed E-state index contributed by atoms with van der Waals surface area (Å²) in [6.07, 6.45) is -7.79. The molecule has 11 heteroatoms. The Hall–Kier alpha value is -11.0. The number of hydrogen-bond donors (Lipinski definition) is 0. The topological polar surface area (TPSA) is 37.7 Å². The van der Waals surface area contributed by atoms with Crippen molar-refractivity contribution in [3.05, 3.63) is 293 Å². The van der Waals surface area contributed by atoms with Crippen molar-refractivity contribution in [1.82, 2.24) is 4.57 Å². The maximum absolute atomic E-state index is 15.1. The second-order valence-electron chi connectivity index (χ2n) is 24.2. The molecule has 0 saturated heterocycles. The van der Waals surface area contributed by atoms with Gasteiger partial charge >= 0.3 is 12.4 Å². The fourth-order valence-electron chi connectivity index (χ4n) is 15.5. The van der Waals surface area contributed by atoms with Crippen LogP contribution >= 0.6 is 0 Å². The summed E-state index contributed by atoms with van der Waals surface area (Å²) in [5, 5.41) is 7.97. The summed E-state index contributed by atoms with van der Waals surface area (Å²) in [5.74, 6) is 0. The molecule has 0 saturated carbocycles. The van der Waals surface area contributed by atoms with E-state index in [0.29, 0.717) is 49.8 Å². The molecule has 4 heterocycles. The molecule has 16 aromatic rings. The summed E-state index contributed by atoms with van der Waals surface area (Å²) in [7, 11) is 0. The van der Waals surface area contributed by atoms with Gasteiger partial charge < -0.3 is 23.2 Å². The number of anilines is 6. The smallest absolute Gasteiger partial charge is 0.420 e. The Morgan fingerprint density at radius 1 is 0.359 bits per heavy atom. The molecule has 0 bridgehead atoms. The maximum atomic E-state index is 15.1.